The molecule has 2 aliphatic rings. The minimum atomic E-state index is -0.107. The van der Waals surface area contributed by atoms with Gasteiger partial charge in [-0.3, -0.25) is 0 Å². The molecule has 17 heavy (non-hydrogen) atoms. The van der Waals surface area contributed by atoms with Gasteiger partial charge in [-0.25, -0.2) is 0 Å². The minimum Gasteiger partial charge on any atom is -0.494 e. The number of ether oxygens (including phenoxy) is 2. The first-order chi connectivity index (χ1) is 8.23. The number of rotatable bonds is 3. The molecule has 0 spiro atoms. The molecule has 92 valence electrons. The second-order valence-corrected chi connectivity index (χ2v) is 5.00. The Morgan fingerprint density at radius 1 is 1.53 bits per heavy atom. The summed E-state index contributed by atoms with van der Waals surface area (Å²) in [6.45, 7) is 6.56. The van der Waals surface area contributed by atoms with Crippen LogP contribution in [0.5, 0.6) is 5.75 Å². The summed E-state index contributed by atoms with van der Waals surface area (Å²) in [5.74, 6) is 0.985. The van der Waals surface area contributed by atoms with Crippen molar-refractivity contribution in [3.8, 4) is 5.75 Å². The molecule has 2 unspecified atom stereocenters. The van der Waals surface area contributed by atoms with Crippen LogP contribution >= 0.6 is 0 Å². The summed E-state index contributed by atoms with van der Waals surface area (Å²) < 4.78 is 11.6. The second-order valence-electron chi connectivity index (χ2n) is 5.00. The van der Waals surface area contributed by atoms with Gasteiger partial charge in [0.15, 0.2) is 0 Å². The lowest BCUT2D eigenvalue weighted by Crippen LogP contribution is -2.37. The zero-order chi connectivity index (χ0) is 11.9. The Balaban J connectivity index is 1.95. The van der Waals surface area contributed by atoms with E-state index in [1.165, 1.54) is 11.1 Å². The predicted molar refractivity (Wildman–Crippen MR) is 66.4 cm³/mol. The number of hydrogen-bond acceptors (Lipinski definition) is 3. The van der Waals surface area contributed by atoms with Gasteiger partial charge in [0, 0.05) is 12.6 Å². The monoisotopic (exact) mass is 233 g/mol. The van der Waals surface area contributed by atoms with Crippen LogP contribution in [0.3, 0.4) is 0 Å². The van der Waals surface area contributed by atoms with E-state index in [0.29, 0.717) is 12.6 Å². The van der Waals surface area contributed by atoms with E-state index in [1.807, 2.05) is 6.92 Å². The molecule has 0 saturated carbocycles. The first-order valence-electron chi connectivity index (χ1n) is 6.35. The van der Waals surface area contributed by atoms with Crippen LogP contribution in [-0.2, 0) is 10.3 Å². The first-order valence-corrected chi connectivity index (χ1v) is 6.35. The number of benzene rings is 1. The quantitative estimate of drug-likeness (QED) is 0.866. The highest BCUT2D eigenvalue weighted by Gasteiger charge is 2.47. The van der Waals surface area contributed by atoms with Gasteiger partial charge >= 0.3 is 0 Å². The first kappa shape index (κ1) is 11.1. The molecular weight excluding hydrogens is 214 g/mol. The minimum absolute atomic E-state index is 0.107. The van der Waals surface area contributed by atoms with Gasteiger partial charge in [0.2, 0.25) is 0 Å². The van der Waals surface area contributed by atoms with E-state index in [-0.39, 0.29) is 5.60 Å². The van der Waals surface area contributed by atoms with Crippen molar-refractivity contribution in [1.29, 1.82) is 0 Å². The highest BCUT2D eigenvalue weighted by Crippen LogP contribution is 2.41. The molecule has 2 saturated heterocycles. The Morgan fingerprint density at radius 2 is 2.41 bits per heavy atom. The smallest absolute Gasteiger partial charge is 0.122 e. The Kier molecular flexibility index (Phi) is 2.60. The third-order valence-corrected chi connectivity index (χ3v) is 3.83. The fraction of sp³-hybridized carbons (Fsp3) is 0.571. The number of hydrogen-bond donors (Lipinski definition) is 1. The molecule has 1 aromatic rings. The normalized spacial score (nSPS) is 30.8. The highest BCUT2D eigenvalue weighted by molar-refractivity contribution is 5.40. The lowest BCUT2D eigenvalue weighted by atomic mass is 9.92. The third kappa shape index (κ3) is 1.74. The molecule has 2 heterocycles. The molecule has 3 nitrogen and oxygen atoms in total. The highest BCUT2D eigenvalue weighted by atomic mass is 16.5. The van der Waals surface area contributed by atoms with Crippen molar-refractivity contribution in [3.63, 3.8) is 0 Å². The van der Waals surface area contributed by atoms with Crippen molar-refractivity contribution in [1.82, 2.24) is 5.32 Å². The number of nitrogens with one attached hydrogen (secondary N) is 1. The number of fused-ring (bicyclic) bond motifs is 2. The fourth-order valence-corrected chi connectivity index (χ4v) is 2.84. The Hall–Kier alpha value is -1.06. The average Bonchev–Trinajstić information content (AvgIpc) is 2.93. The van der Waals surface area contributed by atoms with Gasteiger partial charge < -0.3 is 14.8 Å². The lowest BCUT2D eigenvalue weighted by Gasteiger charge is -2.27. The van der Waals surface area contributed by atoms with E-state index in [0.717, 1.165) is 25.3 Å². The maximum absolute atomic E-state index is 5.98. The molecule has 0 radical (unpaired) electrons. The molecule has 1 aromatic carbocycles. The average molecular weight is 233 g/mol. The van der Waals surface area contributed by atoms with E-state index < -0.39 is 0 Å². The predicted octanol–water partition coefficient (Wildman–Crippen LogP) is 1.98. The van der Waals surface area contributed by atoms with Gasteiger partial charge in [-0.15, -0.1) is 0 Å². The molecule has 3 heteroatoms. The van der Waals surface area contributed by atoms with Crippen LogP contribution in [0.4, 0.5) is 0 Å². The van der Waals surface area contributed by atoms with Crippen molar-refractivity contribution in [2.45, 2.75) is 31.9 Å². The summed E-state index contributed by atoms with van der Waals surface area (Å²) in [4.78, 5) is 0. The van der Waals surface area contributed by atoms with Crippen molar-refractivity contribution < 1.29 is 9.47 Å². The molecule has 3 rings (SSSR count). The SMILES string of the molecule is CCOc1cc(C23CNC(CO2)C3)ccc1C. The van der Waals surface area contributed by atoms with E-state index in [9.17, 15) is 0 Å². The standard InChI is InChI=1S/C14H19NO2/c1-3-16-13-6-11(5-4-10(13)2)14-7-12(8-17-14)15-9-14/h4-6,12,15H,3,7-9H2,1-2H3. The molecule has 0 amide bonds. The molecular formula is C14H19NO2. The van der Waals surface area contributed by atoms with Crippen LogP contribution in [0, 0.1) is 6.92 Å². The Morgan fingerprint density at radius 3 is 3.00 bits per heavy atom. The Labute approximate surface area is 102 Å². The van der Waals surface area contributed by atoms with Gasteiger partial charge in [0.1, 0.15) is 11.4 Å². The molecule has 0 aliphatic carbocycles. The summed E-state index contributed by atoms with van der Waals surface area (Å²) in [5.41, 5.74) is 2.33. The summed E-state index contributed by atoms with van der Waals surface area (Å²) in [7, 11) is 0. The molecule has 1 N–H and O–H groups in total. The molecule has 0 aromatic heterocycles. The van der Waals surface area contributed by atoms with E-state index in [1.54, 1.807) is 0 Å². The van der Waals surface area contributed by atoms with E-state index >= 15 is 0 Å². The van der Waals surface area contributed by atoms with Crippen LogP contribution in [0.2, 0.25) is 0 Å². The van der Waals surface area contributed by atoms with E-state index in [4.69, 9.17) is 9.47 Å². The summed E-state index contributed by atoms with van der Waals surface area (Å²) in [5, 5.41) is 3.50. The van der Waals surface area contributed by atoms with Gasteiger partial charge in [0.05, 0.1) is 13.2 Å². The number of aryl methyl sites for hydroxylation is 1. The van der Waals surface area contributed by atoms with Crippen molar-refractivity contribution in [2.75, 3.05) is 19.8 Å². The molecule has 2 bridgehead atoms. The zero-order valence-corrected chi connectivity index (χ0v) is 10.5. The topological polar surface area (TPSA) is 30.5 Å². The van der Waals surface area contributed by atoms with Crippen LogP contribution in [0.1, 0.15) is 24.5 Å². The molecule has 2 aliphatic heterocycles. The second kappa shape index (κ2) is 4.00. The number of morpholine rings is 1. The maximum Gasteiger partial charge on any atom is 0.122 e. The van der Waals surface area contributed by atoms with Crippen LogP contribution in [0.15, 0.2) is 18.2 Å². The molecule has 2 atom stereocenters. The van der Waals surface area contributed by atoms with Gasteiger partial charge in [-0.1, -0.05) is 12.1 Å². The van der Waals surface area contributed by atoms with Crippen molar-refractivity contribution in [2.24, 2.45) is 0 Å². The van der Waals surface area contributed by atoms with Crippen LogP contribution in [0.25, 0.3) is 0 Å². The summed E-state index contributed by atoms with van der Waals surface area (Å²) in [6.07, 6.45) is 1.08. The van der Waals surface area contributed by atoms with Crippen molar-refractivity contribution in [3.05, 3.63) is 29.3 Å². The largest absolute Gasteiger partial charge is 0.494 e. The zero-order valence-electron chi connectivity index (χ0n) is 10.5. The molecule has 2 fully saturated rings. The lowest BCUT2D eigenvalue weighted by molar-refractivity contribution is -0.00974. The van der Waals surface area contributed by atoms with Crippen molar-refractivity contribution >= 4 is 0 Å². The van der Waals surface area contributed by atoms with Gasteiger partial charge in [-0.2, -0.15) is 0 Å². The van der Waals surface area contributed by atoms with Gasteiger partial charge in [-0.05, 0) is 37.5 Å². The fourth-order valence-electron chi connectivity index (χ4n) is 2.84. The van der Waals surface area contributed by atoms with Crippen LogP contribution < -0.4 is 10.1 Å². The Bertz CT molecular complexity index is 422. The third-order valence-electron chi connectivity index (χ3n) is 3.83. The summed E-state index contributed by atoms with van der Waals surface area (Å²) >= 11 is 0. The maximum atomic E-state index is 5.98. The van der Waals surface area contributed by atoms with Gasteiger partial charge in [0.25, 0.3) is 0 Å². The summed E-state index contributed by atoms with van der Waals surface area (Å²) in [6, 6.07) is 6.98. The van der Waals surface area contributed by atoms with E-state index in [2.05, 4.69) is 30.4 Å². The van der Waals surface area contributed by atoms with Crippen LogP contribution in [-0.4, -0.2) is 25.8 Å².